The Morgan fingerprint density at radius 1 is 1.25 bits per heavy atom. The third-order valence-electron chi connectivity index (χ3n) is 3.13. The minimum absolute atomic E-state index is 0.858. The SMILES string of the molecule is Nc1cc(Br)ccc1CSC1CCCCC1. The fraction of sp³-hybridized carbons (Fsp3) is 0.538. The van der Waals surface area contributed by atoms with Crippen LogP contribution in [-0.2, 0) is 5.75 Å². The number of nitrogens with two attached hydrogens (primary N) is 1. The lowest BCUT2D eigenvalue weighted by molar-refractivity contribution is 0.516. The number of hydrogen-bond donors (Lipinski definition) is 1. The van der Waals surface area contributed by atoms with Crippen LogP contribution in [0.1, 0.15) is 37.7 Å². The molecule has 0 bridgehead atoms. The summed E-state index contributed by atoms with van der Waals surface area (Å²) in [7, 11) is 0. The van der Waals surface area contributed by atoms with Gasteiger partial charge in [0.15, 0.2) is 0 Å². The van der Waals surface area contributed by atoms with Crippen LogP contribution < -0.4 is 5.73 Å². The largest absolute Gasteiger partial charge is 0.398 e. The predicted octanol–water partition coefficient (Wildman–Crippen LogP) is 4.60. The van der Waals surface area contributed by atoms with E-state index in [0.29, 0.717) is 0 Å². The van der Waals surface area contributed by atoms with Gasteiger partial charge >= 0.3 is 0 Å². The summed E-state index contributed by atoms with van der Waals surface area (Å²) >= 11 is 5.51. The molecule has 1 saturated carbocycles. The van der Waals surface area contributed by atoms with Crippen molar-refractivity contribution in [2.45, 2.75) is 43.1 Å². The first-order valence-electron chi connectivity index (χ1n) is 5.91. The molecule has 0 heterocycles. The van der Waals surface area contributed by atoms with Crippen LogP contribution >= 0.6 is 27.7 Å². The van der Waals surface area contributed by atoms with Crippen molar-refractivity contribution >= 4 is 33.4 Å². The molecule has 1 nitrogen and oxygen atoms in total. The maximum atomic E-state index is 5.99. The molecule has 0 unspecified atom stereocenters. The van der Waals surface area contributed by atoms with Crippen molar-refractivity contribution in [2.24, 2.45) is 0 Å². The smallest absolute Gasteiger partial charge is 0.0366 e. The Morgan fingerprint density at radius 3 is 2.69 bits per heavy atom. The van der Waals surface area contributed by atoms with Crippen molar-refractivity contribution < 1.29 is 0 Å². The Bertz CT molecular complexity index is 348. The minimum Gasteiger partial charge on any atom is -0.398 e. The van der Waals surface area contributed by atoms with E-state index in [1.54, 1.807) is 0 Å². The molecule has 1 fully saturated rings. The summed E-state index contributed by atoms with van der Waals surface area (Å²) < 4.78 is 1.07. The summed E-state index contributed by atoms with van der Waals surface area (Å²) in [5.41, 5.74) is 8.18. The summed E-state index contributed by atoms with van der Waals surface area (Å²) in [5, 5.41) is 0.858. The van der Waals surface area contributed by atoms with Crippen molar-refractivity contribution in [3.8, 4) is 0 Å². The van der Waals surface area contributed by atoms with Gasteiger partial charge in [-0.05, 0) is 30.5 Å². The third kappa shape index (κ3) is 3.42. The van der Waals surface area contributed by atoms with Gasteiger partial charge in [-0.1, -0.05) is 41.3 Å². The lowest BCUT2D eigenvalue weighted by Gasteiger charge is -2.21. The number of thioether (sulfide) groups is 1. The van der Waals surface area contributed by atoms with E-state index >= 15 is 0 Å². The molecule has 0 atom stereocenters. The average Bonchev–Trinajstić information content (AvgIpc) is 2.29. The molecule has 0 aromatic heterocycles. The molecule has 0 saturated heterocycles. The first-order chi connectivity index (χ1) is 7.75. The molecule has 1 aromatic carbocycles. The van der Waals surface area contributed by atoms with Crippen LogP contribution in [0.4, 0.5) is 5.69 Å². The van der Waals surface area contributed by atoms with Gasteiger partial charge in [-0.15, -0.1) is 0 Å². The first kappa shape index (κ1) is 12.3. The summed E-state index contributed by atoms with van der Waals surface area (Å²) in [6.07, 6.45) is 7.03. The molecule has 1 aliphatic rings. The van der Waals surface area contributed by atoms with Gasteiger partial charge in [0, 0.05) is 21.2 Å². The van der Waals surface area contributed by atoms with E-state index in [1.165, 1.54) is 37.7 Å². The molecular formula is C13H18BrNS. The average molecular weight is 300 g/mol. The summed E-state index contributed by atoms with van der Waals surface area (Å²) in [6, 6.07) is 6.21. The van der Waals surface area contributed by atoms with Crippen LogP contribution in [0.3, 0.4) is 0 Å². The molecular weight excluding hydrogens is 282 g/mol. The van der Waals surface area contributed by atoms with Crippen molar-refractivity contribution in [3.05, 3.63) is 28.2 Å². The lowest BCUT2D eigenvalue weighted by Crippen LogP contribution is -2.08. The molecule has 1 aliphatic carbocycles. The number of rotatable bonds is 3. The monoisotopic (exact) mass is 299 g/mol. The molecule has 2 rings (SSSR count). The number of nitrogen functional groups attached to an aromatic ring is 1. The van der Waals surface area contributed by atoms with Gasteiger partial charge in [0.25, 0.3) is 0 Å². The molecule has 88 valence electrons. The highest BCUT2D eigenvalue weighted by atomic mass is 79.9. The fourth-order valence-electron chi connectivity index (χ4n) is 2.14. The molecule has 1 aromatic rings. The lowest BCUT2D eigenvalue weighted by atomic mass is 10.0. The zero-order chi connectivity index (χ0) is 11.4. The van der Waals surface area contributed by atoms with Crippen LogP contribution in [0.2, 0.25) is 0 Å². The molecule has 0 spiro atoms. The quantitative estimate of drug-likeness (QED) is 0.826. The van der Waals surface area contributed by atoms with E-state index in [2.05, 4.69) is 39.8 Å². The highest BCUT2D eigenvalue weighted by molar-refractivity contribution is 9.10. The normalized spacial score (nSPS) is 17.6. The van der Waals surface area contributed by atoms with Gasteiger partial charge in [0.05, 0.1) is 0 Å². The third-order valence-corrected chi connectivity index (χ3v) is 5.05. The van der Waals surface area contributed by atoms with Gasteiger partial charge < -0.3 is 5.73 Å². The van der Waals surface area contributed by atoms with Crippen molar-refractivity contribution in [1.82, 2.24) is 0 Å². The molecule has 2 N–H and O–H groups in total. The van der Waals surface area contributed by atoms with Gasteiger partial charge in [0.2, 0.25) is 0 Å². The van der Waals surface area contributed by atoms with Crippen molar-refractivity contribution in [1.29, 1.82) is 0 Å². The Labute approximate surface area is 110 Å². The van der Waals surface area contributed by atoms with E-state index < -0.39 is 0 Å². The molecule has 0 aliphatic heterocycles. The molecule has 3 heteroatoms. The first-order valence-corrected chi connectivity index (χ1v) is 7.75. The van der Waals surface area contributed by atoms with Crippen LogP contribution in [0, 0.1) is 0 Å². The van der Waals surface area contributed by atoms with Crippen molar-refractivity contribution in [2.75, 3.05) is 5.73 Å². The van der Waals surface area contributed by atoms with Crippen LogP contribution in [0.25, 0.3) is 0 Å². The second kappa shape index (κ2) is 5.97. The molecule has 0 amide bonds. The fourth-order valence-corrected chi connectivity index (χ4v) is 3.86. The van der Waals surface area contributed by atoms with Crippen molar-refractivity contribution in [3.63, 3.8) is 0 Å². The van der Waals surface area contributed by atoms with Crippen LogP contribution in [0.15, 0.2) is 22.7 Å². The van der Waals surface area contributed by atoms with E-state index in [-0.39, 0.29) is 0 Å². The minimum atomic E-state index is 0.858. The zero-order valence-electron chi connectivity index (χ0n) is 9.42. The number of anilines is 1. The van der Waals surface area contributed by atoms with E-state index in [1.807, 2.05) is 6.07 Å². The summed E-state index contributed by atoms with van der Waals surface area (Å²) in [4.78, 5) is 0. The zero-order valence-corrected chi connectivity index (χ0v) is 11.8. The van der Waals surface area contributed by atoms with Gasteiger partial charge in [0.1, 0.15) is 0 Å². The highest BCUT2D eigenvalue weighted by Crippen LogP contribution is 2.32. The molecule has 16 heavy (non-hydrogen) atoms. The Morgan fingerprint density at radius 2 is 2.00 bits per heavy atom. The van der Waals surface area contributed by atoms with Crippen LogP contribution in [-0.4, -0.2) is 5.25 Å². The van der Waals surface area contributed by atoms with Gasteiger partial charge in [-0.2, -0.15) is 11.8 Å². The number of benzene rings is 1. The van der Waals surface area contributed by atoms with Gasteiger partial charge in [-0.25, -0.2) is 0 Å². The summed E-state index contributed by atoms with van der Waals surface area (Å²) in [5.74, 6) is 1.06. The summed E-state index contributed by atoms with van der Waals surface area (Å²) in [6.45, 7) is 0. The van der Waals surface area contributed by atoms with E-state index in [9.17, 15) is 0 Å². The maximum Gasteiger partial charge on any atom is 0.0366 e. The van der Waals surface area contributed by atoms with E-state index in [0.717, 1.165) is 21.2 Å². The second-order valence-corrected chi connectivity index (χ2v) is 6.62. The van der Waals surface area contributed by atoms with Crippen LogP contribution in [0.5, 0.6) is 0 Å². The van der Waals surface area contributed by atoms with Gasteiger partial charge in [-0.3, -0.25) is 0 Å². The maximum absolute atomic E-state index is 5.99. The predicted molar refractivity (Wildman–Crippen MR) is 76.7 cm³/mol. The second-order valence-electron chi connectivity index (χ2n) is 4.41. The Balaban J connectivity index is 1.88. The standard InChI is InChI=1S/C13H18BrNS/c14-11-7-6-10(13(15)8-11)9-16-12-4-2-1-3-5-12/h6-8,12H,1-5,9,15H2. The Hall–Kier alpha value is -0.150. The van der Waals surface area contributed by atoms with E-state index in [4.69, 9.17) is 5.73 Å². The number of halogens is 1. The molecule has 0 radical (unpaired) electrons. The number of hydrogen-bond acceptors (Lipinski definition) is 2. The highest BCUT2D eigenvalue weighted by Gasteiger charge is 2.14. The Kier molecular flexibility index (Phi) is 4.59. The topological polar surface area (TPSA) is 26.0 Å².